The number of hydrogen-bond acceptors (Lipinski definition) is 6. The van der Waals surface area contributed by atoms with Crippen LogP contribution in [0.4, 0.5) is 18.9 Å². The number of alkyl halides is 3. The van der Waals surface area contributed by atoms with E-state index in [0.29, 0.717) is 28.0 Å². The van der Waals surface area contributed by atoms with Gasteiger partial charge in [0.05, 0.1) is 35.8 Å². The van der Waals surface area contributed by atoms with Crippen LogP contribution in [0.1, 0.15) is 18.2 Å². The van der Waals surface area contributed by atoms with E-state index >= 15 is 0 Å². The van der Waals surface area contributed by atoms with Gasteiger partial charge in [-0.15, -0.1) is 11.3 Å². The van der Waals surface area contributed by atoms with Crippen molar-refractivity contribution in [3.8, 4) is 16.3 Å². The smallest absolute Gasteiger partial charge is 0.406 e. The average molecular weight is 479 g/mol. The van der Waals surface area contributed by atoms with Crippen molar-refractivity contribution in [3.05, 3.63) is 75.3 Å². The predicted molar refractivity (Wildman–Crippen MR) is 117 cm³/mol. The Morgan fingerprint density at radius 1 is 1.18 bits per heavy atom. The molecule has 2 aromatic carbocycles. The number of carbonyl (C=O) groups excluding carboxylic acids is 1. The van der Waals surface area contributed by atoms with Crippen molar-refractivity contribution in [1.82, 2.24) is 9.88 Å². The van der Waals surface area contributed by atoms with Gasteiger partial charge in [0.1, 0.15) is 17.3 Å². The Bertz CT molecular complexity index is 1130. The van der Waals surface area contributed by atoms with Gasteiger partial charge in [-0.3, -0.25) is 14.9 Å². The Morgan fingerprint density at radius 3 is 2.58 bits per heavy atom. The molecule has 0 unspecified atom stereocenters. The maximum Gasteiger partial charge on any atom is 0.406 e. The maximum absolute atomic E-state index is 13.2. The molecule has 0 N–H and O–H groups in total. The average Bonchev–Trinajstić information content (AvgIpc) is 3.21. The number of nitro benzene ring substituents is 1. The second kappa shape index (κ2) is 10.4. The highest BCUT2D eigenvalue weighted by atomic mass is 32.1. The number of thiazole rings is 1. The summed E-state index contributed by atoms with van der Waals surface area (Å²) in [5.74, 6) is -0.220. The number of aromatic nitrogens is 1. The van der Waals surface area contributed by atoms with Gasteiger partial charge in [-0.2, -0.15) is 13.2 Å². The van der Waals surface area contributed by atoms with E-state index in [2.05, 4.69) is 4.98 Å². The fourth-order valence-electron chi connectivity index (χ4n) is 3.18. The van der Waals surface area contributed by atoms with Gasteiger partial charge in [0.2, 0.25) is 5.91 Å². The van der Waals surface area contributed by atoms with Crippen LogP contribution in [0, 0.1) is 10.1 Å². The topological polar surface area (TPSA) is 85.6 Å². The lowest BCUT2D eigenvalue weighted by Gasteiger charge is -2.23. The highest BCUT2D eigenvalue weighted by Crippen LogP contribution is 2.32. The van der Waals surface area contributed by atoms with Crippen molar-refractivity contribution in [2.45, 2.75) is 26.1 Å². The first-order valence-electron chi connectivity index (χ1n) is 9.91. The summed E-state index contributed by atoms with van der Waals surface area (Å²) in [7, 11) is 0. The summed E-state index contributed by atoms with van der Waals surface area (Å²) in [5, 5.41) is 13.4. The lowest BCUT2D eigenvalue weighted by Crippen LogP contribution is -2.39. The van der Waals surface area contributed by atoms with Crippen molar-refractivity contribution >= 4 is 22.9 Å². The summed E-state index contributed by atoms with van der Waals surface area (Å²) in [5.41, 5.74) is 0.696. The SMILES string of the molecule is CCOc1ccccc1-c1nc(CC(=O)N(Cc2ccccc2[N+](=O)[O-])CC(F)(F)F)cs1. The predicted octanol–water partition coefficient (Wildman–Crippen LogP) is 5.25. The number of rotatable bonds is 9. The number of benzene rings is 2. The van der Waals surface area contributed by atoms with Crippen molar-refractivity contribution in [3.63, 3.8) is 0 Å². The third kappa shape index (κ3) is 6.51. The molecule has 0 aliphatic heterocycles. The Morgan fingerprint density at radius 2 is 1.88 bits per heavy atom. The summed E-state index contributed by atoms with van der Waals surface area (Å²) >= 11 is 1.25. The molecular weight excluding hydrogens is 459 g/mol. The van der Waals surface area contributed by atoms with E-state index in [9.17, 15) is 28.1 Å². The fraction of sp³-hybridized carbons (Fsp3) is 0.273. The zero-order valence-corrected chi connectivity index (χ0v) is 18.4. The van der Waals surface area contributed by atoms with Crippen LogP contribution >= 0.6 is 11.3 Å². The first kappa shape index (κ1) is 24.2. The number of ether oxygens (including phenoxy) is 1. The van der Waals surface area contributed by atoms with Crippen molar-refractivity contribution < 1.29 is 27.6 Å². The van der Waals surface area contributed by atoms with Gasteiger partial charge in [0.15, 0.2) is 0 Å². The molecule has 0 atom stereocenters. The molecule has 0 saturated heterocycles. The lowest BCUT2D eigenvalue weighted by atomic mass is 10.1. The summed E-state index contributed by atoms with van der Waals surface area (Å²) in [6.07, 6.45) is -5.03. The molecule has 1 aromatic heterocycles. The number of hydrogen-bond donors (Lipinski definition) is 0. The van der Waals surface area contributed by atoms with Gasteiger partial charge in [0.25, 0.3) is 5.69 Å². The monoisotopic (exact) mass is 479 g/mol. The highest BCUT2D eigenvalue weighted by molar-refractivity contribution is 7.13. The second-order valence-corrected chi connectivity index (χ2v) is 7.86. The number of amides is 1. The number of halogens is 3. The second-order valence-electron chi connectivity index (χ2n) is 7.00. The fourth-order valence-corrected chi connectivity index (χ4v) is 4.03. The number of nitrogens with zero attached hydrogens (tertiary/aromatic N) is 3. The van der Waals surface area contributed by atoms with Crippen LogP contribution in [0.2, 0.25) is 0 Å². The molecule has 0 saturated carbocycles. The Hall–Kier alpha value is -3.47. The van der Waals surface area contributed by atoms with Crippen LogP contribution in [0.25, 0.3) is 10.6 Å². The largest absolute Gasteiger partial charge is 0.493 e. The molecular formula is C22H20F3N3O4S. The Balaban J connectivity index is 1.82. The van der Waals surface area contributed by atoms with E-state index in [4.69, 9.17) is 4.74 Å². The molecule has 0 aliphatic carbocycles. The Kier molecular flexibility index (Phi) is 7.64. The number of para-hydroxylation sites is 2. The van der Waals surface area contributed by atoms with Crippen LogP contribution in [-0.4, -0.2) is 40.0 Å². The molecule has 0 aliphatic rings. The normalized spacial score (nSPS) is 11.3. The standard InChI is InChI=1S/C22H20F3N3O4S/c1-2-32-19-10-6-4-8-17(19)21-26-16(13-33-21)11-20(29)27(14-22(23,24)25)12-15-7-3-5-9-18(15)28(30)31/h3-10,13H,2,11-12,14H2,1H3. The van der Waals surface area contributed by atoms with Crippen LogP contribution in [0.15, 0.2) is 53.9 Å². The molecule has 0 bridgehead atoms. The zero-order chi connectivity index (χ0) is 24.0. The summed E-state index contributed by atoms with van der Waals surface area (Å²) in [6.45, 7) is 0.225. The van der Waals surface area contributed by atoms with Crippen LogP contribution in [0.5, 0.6) is 5.75 Å². The summed E-state index contributed by atoms with van der Waals surface area (Å²) in [6, 6.07) is 12.6. The molecule has 3 rings (SSSR count). The van der Waals surface area contributed by atoms with E-state index in [1.165, 1.54) is 35.6 Å². The Labute approximate surface area is 191 Å². The molecule has 33 heavy (non-hydrogen) atoms. The van der Waals surface area contributed by atoms with Gasteiger partial charge in [-0.1, -0.05) is 30.3 Å². The molecule has 1 heterocycles. The van der Waals surface area contributed by atoms with Gasteiger partial charge in [-0.05, 0) is 19.1 Å². The van der Waals surface area contributed by atoms with E-state index in [0.717, 1.165) is 5.56 Å². The quantitative estimate of drug-likeness (QED) is 0.309. The summed E-state index contributed by atoms with van der Waals surface area (Å²) < 4.78 is 45.0. The lowest BCUT2D eigenvalue weighted by molar-refractivity contribution is -0.385. The van der Waals surface area contributed by atoms with Gasteiger partial charge in [0, 0.05) is 17.0 Å². The van der Waals surface area contributed by atoms with Gasteiger partial charge < -0.3 is 9.64 Å². The van der Waals surface area contributed by atoms with Gasteiger partial charge >= 0.3 is 6.18 Å². The van der Waals surface area contributed by atoms with Crippen LogP contribution in [0.3, 0.4) is 0 Å². The van der Waals surface area contributed by atoms with Crippen molar-refractivity contribution in [1.29, 1.82) is 0 Å². The maximum atomic E-state index is 13.2. The molecule has 0 radical (unpaired) electrons. The minimum absolute atomic E-state index is 0.0182. The molecule has 3 aromatic rings. The minimum atomic E-state index is -4.66. The minimum Gasteiger partial charge on any atom is -0.493 e. The highest BCUT2D eigenvalue weighted by Gasteiger charge is 2.34. The third-order valence-corrected chi connectivity index (χ3v) is 5.50. The van der Waals surface area contributed by atoms with E-state index in [1.54, 1.807) is 17.5 Å². The van der Waals surface area contributed by atoms with E-state index in [1.807, 2.05) is 19.1 Å². The third-order valence-electron chi connectivity index (χ3n) is 4.57. The molecule has 0 fully saturated rings. The van der Waals surface area contributed by atoms with Gasteiger partial charge in [-0.25, -0.2) is 4.98 Å². The first-order chi connectivity index (χ1) is 15.7. The zero-order valence-electron chi connectivity index (χ0n) is 17.5. The molecule has 1 amide bonds. The van der Waals surface area contributed by atoms with E-state index in [-0.39, 0.29) is 17.7 Å². The molecule has 7 nitrogen and oxygen atoms in total. The molecule has 11 heteroatoms. The van der Waals surface area contributed by atoms with Crippen LogP contribution < -0.4 is 4.74 Å². The number of carbonyl (C=O) groups is 1. The van der Waals surface area contributed by atoms with Crippen molar-refractivity contribution in [2.24, 2.45) is 0 Å². The van der Waals surface area contributed by atoms with Crippen molar-refractivity contribution in [2.75, 3.05) is 13.2 Å². The summed E-state index contributed by atoms with van der Waals surface area (Å²) in [4.78, 5) is 28.3. The molecule has 174 valence electrons. The molecule has 0 spiro atoms. The first-order valence-corrected chi connectivity index (χ1v) is 10.8. The van der Waals surface area contributed by atoms with Crippen LogP contribution in [-0.2, 0) is 17.8 Å². The van der Waals surface area contributed by atoms with E-state index < -0.39 is 30.1 Å². The number of nitro groups is 1.